The van der Waals surface area contributed by atoms with Crippen molar-refractivity contribution in [1.82, 2.24) is 4.98 Å². The number of nitrogens with one attached hydrogen (secondary N) is 1. The second-order valence-corrected chi connectivity index (χ2v) is 3.15. The summed E-state index contributed by atoms with van der Waals surface area (Å²) in [5.74, 6) is -0.409. The Hall–Kier alpha value is -2.42. The van der Waals surface area contributed by atoms with Gasteiger partial charge in [-0.15, -0.1) is 0 Å². The highest BCUT2D eigenvalue weighted by Gasteiger charge is 2.20. The summed E-state index contributed by atoms with van der Waals surface area (Å²) in [5, 5.41) is 19.2. The highest BCUT2D eigenvalue weighted by atomic mass is 16.6. The average molecular weight is 274 g/mol. The number of carbonyl (C=O) groups excluding carboxylic acids is 1. The van der Waals surface area contributed by atoms with E-state index in [4.69, 9.17) is 5.11 Å². The van der Waals surface area contributed by atoms with Gasteiger partial charge in [0.25, 0.3) is 0 Å². The Balaban J connectivity index is 0.000000555. The molecule has 106 valence electrons. The van der Waals surface area contributed by atoms with Crippen LogP contribution in [-0.4, -0.2) is 35.2 Å². The van der Waals surface area contributed by atoms with Crippen molar-refractivity contribution in [3.63, 3.8) is 0 Å². The van der Waals surface area contributed by atoms with Crippen LogP contribution in [0.25, 0.3) is 0 Å². The van der Waals surface area contributed by atoms with Crippen molar-refractivity contribution in [2.75, 3.05) is 14.2 Å². The first kappa shape index (κ1) is 16.6. The molecule has 1 aromatic rings. The minimum absolute atomic E-state index is 0.164. The van der Waals surface area contributed by atoms with Gasteiger partial charge in [0, 0.05) is 18.7 Å². The molecule has 0 atom stereocenters. The number of hydrogen-bond acceptors (Lipinski definition) is 7. The van der Waals surface area contributed by atoms with Crippen LogP contribution in [0, 0.1) is 10.1 Å². The zero-order valence-electron chi connectivity index (χ0n) is 10.6. The van der Waals surface area contributed by atoms with Crippen LogP contribution in [0.15, 0.2) is 10.9 Å². The average Bonchev–Trinajstić information content (AvgIpc) is 2.37. The van der Waals surface area contributed by atoms with Gasteiger partial charge in [-0.25, -0.2) is 0 Å². The van der Waals surface area contributed by atoms with E-state index in [-0.39, 0.29) is 17.4 Å². The van der Waals surface area contributed by atoms with Crippen LogP contribution in [0.4, 0.5) is 5.69 Å². The van der Waals surface area contributed by atoms with Crippen LogP contribution in [0.2, 0.25) is 0 Å². The van der Waals surface area contributed by atoms with Gasteiger partial charge >= 0.3 is 17.2 Å². The lowest BCUT2D eigenvalue weighted by Crippen LogP contribution is -2.15. The van der Waals surface area contributed by atoms with Crippen LogP contribution in [0.1, 0.15) is 12.6 Å². The number of hydrogen-bond donors (Lipinski definition) is 2. The van der Waals surface area contributed by atoms with Crippen LogP contribution < -0.4 is 10.3 Å². The van der Waals surface area contributed by atoms with E-state index in [1.54, 1.807) is 0 Å². The quantitative estimate of drug-likeness (QED) is 0.449. The van der Waals surface area contributed by atoms with E-state index < -0.39 is 22.8 Å². The molecule has 0 fully saturated rings. The van der Waals surface area contributed by atoms with E-state index in [9.17, 15) is 19.7 Å². The molecule has 1 aromatic heterocycles. The Morgan fingerprint density at radius 2 is 2.05 bits per heavy atom. The second-order valence-electron chi connectivity index (χ2n) is 3.15. The first-order valence-corrected chi connectivity index (χ1v) is 4.97. The Kier molecular flexibility index (Phi) is 6.82. The third-order valence-corrected chi connectivity index (χ3v) is 1.89. The summed E-state index contributed by atoms with van der Waals surface area (Å²) < 4.78 is 8.77. The highest BCUT2D eigenvalue weighted by molar-refractivity contribution is 5.65. The van der Waals surface area contributed by atoms with E-state index in [1.807, 2.05) is 0 Å². The standard InChI is InChI=1S/C7H8N2O5.C3H6O2/c1-14-5-2-4(3-10)8-7(11)6(5)9(12)13;1-3(4)5-2/h2,10H,3H2,1H3,(H,8,11);1-2H3. The minimum Gasteiger partial charge on any atom is -0.490 e. The van der Waals surface area contributed by atoms with Gasteiger partial charge in [-0.1, -0.05) is 0 Å². The van der Waals surface area contributed by atoms with Gasteiger partial charge in [0.05, 0.1) is 25.7 Å². The molecule has 0 aliphatic carbocycles. The molecule has 0 spiro atoms. The molecule has 0 saturated carbocycles. The van der Waals surface area contributed by atoms with Crippen LogP contribution >= 0.6 is 0 Å². The zero-order chi connectivity index (χ0) is 15.0. The molecule has 0 saturated heterocycles. The maximum atomic E-state index is 11.1. The molecular formula is C10H14N2O7. The highest BCUT2D eigenvalue weighted by Crippen LogP contribution is 2.21. The number of nitrogens with zero attached hydrogens (tertiary/aromatic N) is 1. The maximum Gasteiger partial charge on any atom is 0.375 e. The fraction of sp³-hybridized carbons (Fsp3) is 0.400. The van der Waals surface area contributed by atoms with E-state index in [2.05, 4.69) is 14.5 Å². The lowest BCUT2D eigenvalue weighted by molar-refractivity contribution is -0.387. The summed E-state index contributed by atoms with van der Waals surface area (Å²) in [6.07, 6.45) is 0. The van der Waals surface area contributed by atoms with Crippen molar-refractivity contribution in [3.05, 3.63) is 32.2 Å². The summed E-state index contributed by atoms with van der Waals surface area (Å²) >= 11 is 0. The van der Waals surface area contributed by atoms with Crippen molar-refractivity contribution >= 4 is 11.7 Å². The monoisotopic (exact) mass is 274 g/mol. The normalized spacial score (nSPS) is 9.05. The molecule has 9 nitrogen and oxygen atoms in total. The molecule has 0 aromatic carbocycles. The predicted molar refractivity (Wildman–Crippen MR) is 63.9 cm³/mol. The Morgan fingerprint density at radius 3 is 2.37 bits per heavy atom. The SMILES string of the molecule is COC(C)=O.COc1cc(CO)[nH]c(=O)c1[N+](=O)[O-]. The topological polar surface area (TPSA) is 132 Å². The first-order chi connectivity index (χ1) is 8.87. The van der Waals surface area contributed by atoms with Crippen molar-refractivity contribution in [2.24, 2.45) is 0 Å². The van der Waals surface area contributed by atoms with Crippen molar-refractivity contribution in [1.29, 1.82) is 0 Å². The van der Waals surface area contributed by atoms with Gasteiger partial charge in [0.2, 0.25) is 5.75 Å². The third kappa shape index (κ3) is 5.17. The number of carbonyl (C=O) groups is 1. The van der Waals surface area contributed by atoms with Crippen LogP contribution in [0.3, 0.4) is 0 Å². The van der Waals surface area contributed by atoms with Gasteiger partial charge < -0.3 is 19.6 Å². The number of nitro groups is 1. The Labute approximate surface area is 107 Å². The molecular weight excluding hydrogens is 260 g/mol. The van der Waals surface area contributed by atoms with Crippen molar-refractivity contribution < 1.29 is 24.3 Å². The first-order valence-electron chi connectivity index (χ1n) is 4.97. The van der Waals surface area contributed by atoms with Gasteiger partial charge in [0.1, 0.15) is 0 Å². The molecule has 0 amide bonds. The molecule has 9 heteroatoms. The second kappa shape index (κ2) is 7.82. The fourth-order valence-corrected chi connectivity index (χ4v) is 0.993. The number of H-pyrrole nitrogens is 1. The van der Waals surface area contributed by atoms with Crippen molar-refractivity contribution in [3.8, 4) is 5.75 Å². The van der Waals surface area contributed by atoms with Crippen molar-refractivity contribution in [2.45, 2.75) is 13.5 Å². The lowest BCUT2D eigenvalue weighted by atomic mass is 10.3. The maximum absolute atomic E-state index is 11.1. The number of esters is 1. The van der Waals surface area contributed by atoms with E-state index in [1.165, 1.54) is 27.2 Å². The van der Waals surface area contributed by atoms with E-state index >= 15 is 0 Å². The van der Waals surface area contributed by atoms with Crippen LogP contribution in [-0.2, 0) is 16.1 Å². The number of aromatic amines is 1. The molecule has 1 heterocycles. The minimum atomic E-state index is -0.890. The summed E-state index contributed by atoms with van der Waals surface area (Å²) in [7, 11) is 2.56. The molecule has 2 N–H and O–H groups in total. The molecule has 1 rings (SSSR count). The summed E-state index contributed by atoms with van der Waals surface area (Å²) in [5.41, 5.74) is -1.39. The van der Waals surface area contributed by atoms with E-state index in [0.29, 0.717) is 0 Å². The Bertz CT molecular complexity index is 509. The van der Waals surface area contributed by atoms with Gasteiger partial charge in [0.15, 0.2) is 0 Å². The predicted octanol–water partition coefficient (Wildman–Crippen LogP) is -0.0367. The molecule has 0 radical (unpaired) electrons. The number of pyridine rings is 1. The van der Waals surface area contributed by atoms with Gasteiger partial charge in [-0.05, 0) is 0 Å². The zero-order valence-corrected chi connectivity index (χ0v) is 10.6. The lowest BCUT2D eigenvalue weighted by Gasteiger charge is -2.02. The molecule has 19 heavy (non-hydrogen) atoms. The number of methoxy groups -OCH3 is 2. The Morgan fingerprint density at radius 1 is 1.53 bits per heavy atom. The molecule has 0 aliphatic rings. The summed E-state index contributed by atoms with van der Waals surface area (Å²) in [6.45, 7) is 0.948. The number of aromatic nitrogens is 1. The molecule has 0 aliphatic heterocycles. The molecule has 0 bridgehead atoms. The van der Waals surface area contributed by atoms with E-state index in [0.717, 1.165) is 0 Å². The van der Waals surface area contributed by atoms with Gasteiger partial charge in [-0.2, -0.15) is 0 Å². The number of ether oxygens (including phenoxy) is 2. The summed E-state index contributed by atoms with van der Waals surface area (Å²) in [6, 6.07) is 1.21. The fourth-order valence-electron chi connectivity index (χ4n) is 0.993. The third-order valence-electron chi connectivity index (χ3n) is 1.89. The van der Waals surface area contributed by atoms with Gasteiger partial charge in [-0.3, -0.25) is 19.7 Å². The molecule has 0 unspecified atom stereocenters. The largest absolute Gasteiger partial charge is 0.490 e. The summed E-state index contributed by atoms with van der Waals surface area (Å²) in [4.78, 5) is 32.5. The van der Waals surface area contributed by atoms with Crippen LogP contribution in [0.5, 0.6) is 5.75 Å². The number of aliphatic hydroxyl groups is 1. The number of rotatable bonds is 3. The number of aliphatic hydroxyl groups excluding tert-OH is 1. The smallest absolute Gasteiger partial charge is 0.375 e.